The van der Waals surface area contributed by atoms with Crippen molar-refractivity contribution in [1.82, 2.24) is 0 Å². The Bertz CT molecular complexity index is 427. The van der Waals surface area contributed by atoms with E-state index in [-0.39, 0.29) is 18.3 Å². The highest BCUT2D eigenvalue weighted by Gasteiger charge is 2.64. The molecule has 0 amide bonds. The molecule has 3 heteroatoms. The summed E-state index contributed by atoms with van der Waals surface area (Å²) in [4.78, 5) is 0. The highest BCUT2D eigenvalue weighted by molar-refractivity contribution is 5.35. The lowest BCUT2D eigenvalue weighted by atomic mass is 9.54. The van der Waals surface area contributed by atoms with Crippen molar-refractivity contribution < 1.29 is 8.78 Å². The molecule has 1 aromatic rings. The van der Waals surface area contributed by atoms with Crippen LogP contribution in [0, 0.1) is 0 Å². The summed E-state index contributed by atoms with van der Waals surface area (Å²) in [5, 5.41) is 0. The smallest absolute Gasteiger partial charge is 0.251 e. The predicted octanol–water partition coefficient (Wildman–Crippen LogP) is 3.63. The first-order valence-electron chi connectivity index (χ1n) is 6.70. The van der Waals surface area contributed by atoms with Gasteiger partial charge in [-0.25, -0.2) is 8.78 Å². The summed E-state index contributed by atoms with van der Waals surface area (Å²) in [6.07, 6.45) is 3.77. The molecule has 2 N–H and O–H groups in total. The van der Waals surface area contributed by atoms with E-state index in [9.17, 15) is 8.78 Å². The molecule has 2 saturated carbocycles. The number of alkyl halides is 2. The van der Waals surface area contributed by atoms with Gasteiger partial charge in [0.05, 0.1) is 0 Å². The van der Waals surface area contributed by atoms with E-state index < -0.39 is 11.5 Å². The largest absolute Gasteiger partial charge is 0.324 e. The summed E-state index contributed by atoms with van der Waals surface area (Å²) in [5.41, 5.74) is 6.58. The van der Waals surface area contributed by atoms with Crippen LogP contribution < -0.4 is 5.73 Å². The number of hydrogen-bond acceptors (Lipinski definition) is 1. The normalized spacial score (nSPS) is 27.7. The van der Waals surface area contributed by atoms with Crippen molar-refractivity contribution in [2.24, 2.45) is 5.73 Å². The Labute approximate surface area is 106 Å². The summed E-state index contributed by atoms with van der Waals surface area (Å²) >= 11 is 0. The zero-order valence-corrected chi connectivity index (χ0v) is 10.5. The van der Waals surface area contributed by atoms with Crippen LogP contribution in [0.3, 0.4) is 0 Å². The molecular weight excluding hydrogens is 232 g/mol. The van der Waals surface area contributed by atoms with Crippen LogP contribution in [-0.2, 0) is 5.41 Å². The summed E-state index contributed by atoms with van der Waals surface area (Å²) in [7, 11) is 0. The minimum Gasteiger partial charge on any atom is -0.324 e. The van der Waals surface area contributed by atoms with Gasteiger partial charge in [-0.1, -0.05) is 43.2 Å². The van der Waals surface area contributed by atoms with Crippen LogP contribution >= 0.6 is 0 Å². The lowest BCUT2D eigenvalue weighted by Gasteiger charge is -2.56. The monoisotopic (exact) mass is 251 g/mol. The zero-order chi connectivity index (χ0) is 12.9. The molecule has 3 rings (SSSR count). The van der Waals surface area contributed by atoms with Gasteiger partial charge in [-0.15, -0.1) is 0 Å². The fraction of sp³-hybridized carbons (Fsp3) is 0.600. The molecule has 2 aliphatic carbocycles. The van der Waals surface area contributed by atoms with Crippen LogP contribution in [0.2, 0.25) is 0 Å². The molecule has 0 heterocycles. The lowest BCUT2D eigenvalue weighted by Crippen LogP contribution is -2.68. The third-order valence-corrected chi connectivity index (χ3v) is 4.88. The Morgan fingerprint density at radius 3 is 2.00 bits per heavy atom. The standard InChI is InChI=1S/C15H19F2N/c16-15(17)10-14(18,11-15)13(8-4-5-9-13)12-6-2-1-3-7-12/h1-3,6-7H,4-5,8-11,18H2. The highest BCUT2D eigenvalue weighted by atomic mass is 19.3. The number of benzene rings is 1. The minimum absolute atomic E-state index is 0.158. The molecule has 0 saturated heterocycles. The van der Waals surface area contributed by atoms with Crippen LogP contribution in [0.5, 0.6) is 0 Å². The Morgan fingerprint density at radius 1 is 0.944 bits per heavy atom. The van der Waals surface area contributed by atoms with Crippen molar-refractivity contribution in [3.63, 3.8) is 0 Å². The molecule has 0 unspecified atom stereocenters. The quantitative estimate of drug-likeness (QED) is 0.853. The second-order valence-electron chi connectivity index (χ2n) is 6.02. The Balaban J connectivity index is 1.99. The maximum absolute atomic E-state index is 13.3. The third kappa shape index (κ3) is 1.60. The van der Waals surface area contributed by atoms with E-state index >= 15 is 0 Å². The highest BCUT2D eigenvalue weighted by Crippen LogP contribution is 2.59. The molecule has 2 fully saturated rings. The Morgan fingerprint density at radius 2 is 1.50 bits per heavy atom. The minimum atomic E-state index is -2.56. The van der Waals surface area contributed by atoms with Gasteiger partial charge in [0.1, 0.15) is 0 Å². The van der Waals surface area contributed by atoms with Crippen molar-refractivity contribution in [2.75, 3.05) is 0 Å². The number of hydrogen-bond donors (Lipinski definition) is 1. The SMILES string of the molecule is NC1(C2(c3ccccc3)CCCC2)CC(F)(F)C1. The van der Waals surface area contributed by atoms with Gasteiger partial charge in [-0.05, 0) is 18.4 Å². The first-order chi connectivity index (χ1) is 8.48. The topological polar surface area (TPSA) is 26.0 Å². The molecule has 0 aliphatic heterocycles. The fourth-order valence-electron chi connectivity index (χ4n) is 4.02. The van der Waals surface area contributed by atoms with Crippen molar-refractivity contribution in [3.05, 3.63) is 35.9 Å². The zero-order valence-electron chi connectivity index (χ0n) is 10.5. The average molecular weight is 251 g/mol. The number of halogens is 2. The Hall–Kier alpha value is -0.960. The molecule has 0 spiro atoms. The van der Waals surface area contributed by atoms with E-state index in [0.717, 1.165) is 31.2 Å². The average Bonchev–Trinajstić information content (AvgIpc) is 2.78. The van der Waals surface area contributed by atoms with E-state index in [2.05, 4.69) is 12.1 Å². The number of rotatable bonds is 2. The van der Waals surface area contributed by atoms with Crippen molar-refractivity contribution in [2.45, 2.75) is 55.4 Å². The molecule has 0 bridgehead atoms. The van der Waals surface area contributed by atoms with Crippen molar-refractivity contribution >= 4 is 0 Å². The molecule has 0 atom stereocenters. The molecule has 0 aromatic heterocycles. The van der Waals surface area contributed by atoms with E-state index in [1.165, 1.54) is 0 Å². The van der Waals surface area contributed by atoms with Gasteiger partial charge >= 0.3 is 0 Å². The van der Waals surface area contributed by atoms with Gasteiger partial charge in [0.25, 0.3) is 5.92 Å². The van der Waals surface area contributed by atoms with Gasteiger partial charge in [0.15, 0.2) is 0 Å². The van der Waals surface area contributed by atoms with Crippen LogP contribution in [0.4, 0.5) is 8.78 Å². The van der Waals surface area contributed by atoms with E-state index in [1.807, 2.05) is 18.2 Å². The maximum atomic E-state index is 13.3. The molecule has 1 aromatic carbocycles. The van der Waals surface area contributed by atoms with Gasteiger partial charge in [-0.3, -0.25) is 0 Å². The second kappa shape index (κ2) is 3.77. The fourth-order valence-corrected chi connectivity index (χ4v) is 4.02. The van der Waals surface area contributed by atoms with Gasteiger partial charge in [0.2, 0.25) is 0 Å². The van der Waals surface area contributed by atoms with Crippen LogP contribution in [-0.4, -0.2) is 11.5 Å². The van der Waals surface area contributed by atoms with Crippen LogP contribution in [0.25, 0.3) is 0 Å². The Kier molecular flexibility index (Phi) is 2.53. The summed E-state index contributed by atoms with van der Waals surface area (Å²) in [5.74, 6) is -2.56. The van der Waals surface area contributed by atoms with Gasteiger partial charge in [-0.2, -0.15) is 0 Å². The predicted molar refractivity (Wildman–Crippen MR) is 67.7 cm³/mol. The maximum Gasteiger partial charge on any atom is 0.251 e. The van der Waals surface area contributed by atoms with E-state index in [1.54, 1.807) is 0 Å². The molecule has 2 aliphatic rings. The lowest BCUT2D eigenvalue weighted by molar-refractivity contribution is -0.145. The summed E-state index contributed by atoms with van der Waals surface area (Å²) in [6.45, 7) is 0. The van der Waals surface area contributed by atoms with E-state index in [4.69, 9.17) is 5.73 Å². The molecule has 1 nitrogen and oxygen atoms in total. The second-order valence-corrected chi connectivity index (χ2v) is 6.02. The molecular formula is C15H19F2N. The van der Waals surface area contributed by atoms with Gasteiger partial charge < -0.3 is 5.73 Å². The van der Waals surface area contributed by atoms with E-state index in [0.29, 0.717) is 0 Å². The van der Waals surface area contributed by atoms with Crippen molar-refractivity contribution in [3.8, 4) is 0 Å². The van der Waals surface area contributed by atoms with Crippen LogP contribution in [0.15, 0.2) is 30.3 Å². The molecule has 0 radical (unpaired) electrons. The first kappa shape index (κ1) is 12.1. The van der Waals surface area contributed by atoms with Crippen molar-refractivity contribution in [1.29, 1.82) is 0 Å². The third-order valence-electron chi connectivity index (χ3n) is 4.88. The molecule has 98 valence electrons. The summed E-state index contributed by atoms with van der Waals surface area (Å²) < 4.78 is 26.6. The van der Waals surface area contributed by atoms with Crippen LogP contribution in [0.1, 0.15) is 44.1 Å². The summed E-state index contributed by atoms with van der Waals surface area (Å²) in [6, 6.07) is 10.0. The number of nitrogens with two attached hydrogens (primary N) is 1. The molecule has 18 heavy (non-hydrogen) atoms. The van der Waals surface area contributed by atoms with Gasteiger partial charge in [0, 0.05) is 23.8 Å². The first-order valence-corrected chi connectivity index (χ1v) is 6.70.